The van der Waals surface area contributed by atoms with Crippen LogP contribution in [0.25, 0.3) is 22.3 Å². The fourth-order valence-corrected chi connectivity index (χ4v) is 3.86. The number of rotatable bonds is 8. The molecule has 0 saturated heterocycles. The Morgan fingerprint density at radius 1 is 1.09 bits per heavy atom. The lowest BCUT2D eigenvalue weighted by Gasteiger charge is -2.07. The molecule has 0 radical (unpaired) electrons. The number of aromatic nitrogens is 4. The van der Waals surface area contributed by atoms with Gasteiger partial charge in [-0.2, -0.15) is 5.10 Å². The molecule has 0 atom stereocenters. The highest BCUT2D eigenvalue weighted by molar-refractivity contribution is 6.30. The van der Waals surface area contributed by atoms with Crippen molar-refractivity contribution in [1.29, 1.82) is 0 Å². The number of nitrogens with zero attached hydrogens (tertiary/aromatic N) is 4. The second kappa shape index (κ2) is 9.44. The van der Waals surface area contributed by atoms with Crippen LogP contribution >= 0.6 is 11.6 Å². The lowest BCUT2D eigenvalue weighted by atomic mass is 10.1. The summed E-state index contributed by atoms with van der Waals surface area (Å²) in [5.41, 5.74) is 5.19. The normalized spacial score (nSPS) is 11.1. The molecule has 166 valence electrons. The molecule has 0 aliphatic carbocycles. The first-order chi connectivity index (χ1) is 15.5. The summed E-state index contributed by atoms with van der Waals surface area (Å²) in [5.74, 6) is 0.321. The standard InChI is InChI=1S/C24H25ClN4O3/c1-4-28-15-26-21-10-16(6-9-22(21)28)14-32-24(30)13-18-12-20(27-29(18)5-2)19-8-7-17(25)11-23(19)31-3/h6-12,15H,4-5,13-14H2,1-3H3. The number of benzene rings is 2. The highest BCUT2D eigenvalue weighted by Crippen LogP contribution is 2.32. The number of esters is 1. The number of halogens is 1. The van der Waals surface area contributed by atoms with E-state index in [2.05, 4.69) is 21.6 Å². The van der Waals surface area contributed by atoms with Gasteiger partial charge in [0.1, 0.15) is 12.4 Å². The summed E-state index contributed by atoms with van der Waals surface area (Å²) in [4.78, 5) is 17.0. The van der Waals surface area contributed by atoms with Gasteiger partial charge >= 0.3 is 5.97 Å². The average Bonchev–Trinajstić information content (AvgIpc) is 3.40. The highest BCUT2D eigenvalue weighted by Gasteiger charge is 2.16. The SMILES string of the molecule is CCn1nc(-c2ccc(Cl)cc2OC)cc1CC(=O)OCc1ccc2c(c1)ncn2CC. The first-order valence-electron chi connectivity index (χ1n) is 10.5. The molecule has 0 bridgehead atoms. The molecule has 2 aromatic carbocycles. The van der Waals surface area contributed by atoms with Crippen LogP contribution in [-0.2, 0) is 35.6 Å². The minimum Gasteiger partial charge on any atom is -0.496 e. The zero-order valence-electron chi connectivity index (χ0n) is 18.3. The van der Waals surface area contributed by atoms with E-state index in [9.17, 15) is 4.79 Å². The summed E-state index contributed by atoms with van der Waals surface area (Å²) in [7, 11) is 1.59. The van der Waals surface area contributed by atoms with Crippen molar-refractivity contribution in [2.45, 2.75) is 40.0 Å². The third-order valence-corrected chi connectivity index (χ3v) is 5.59. The van der Waals surface area contributed by atoms with Gasteiger partial charge in [-0.05, 0) is 55.8 Å². The van der Waals surface area contributed by atoms with Gasteiger partial charge < -0.3 is 14.0 Å². The zero-order valence-corrected chi connectivity index (χ0v) is 19.1. The maximum absolute atomic E-state index is 12.6. The van der Waals surface area contributed by atoms with Gasteiger partial charge in [-0.1, -0.05) is 17.7 Å². The molecule has 8 heteroatoms. The molecule has 0 fully saturated rings. The van der Waals surface area contributed by atoms with E-state index in [1.165, 1.54) is 0 Å². The summed E-state index contributed by atoms with van der Waals surface area (Å²) in [6, 6.07) is 13.2. The summed E-state index contributed by atoms with van der Waals surface area (Å²) >= 11 is 6.07. The minimum absolute atomic E-state index is 0.128. The van der Waals surface area contributed by atoms with Crippen molar-refractivity contribution in [1.82, 2.24) is 19.3 Å². The Morgan fingerprint density at radius 3 is 2.69 bits per heavy atom. The van der Waals surface area contributed by atoms with Crippen LogP contribution in [0.1, 0.15) is 25.1 Å². The number of ether oxygens (including phenoxy) is 2. The van der Waals surface area contributed by atoms with Gasteiger partial charge in [-0.15, -0.1) is 0 Å². The number of carbonyl (C=O) groups is 1. The van der Waals surface area contributed by atoms with Crippen molar-refractivity contribution in [2.24, 2.45) is 0 Å². The Labute approximate surface area is 191 Å². The van der Waals surface area contributed by atoms with Crippen LogP contribution in [-0.4, -0.2) is 32.4 Å². The fraction of sp³-hybridized carbons (Fsp3) is 0.292. The van der Waals surface area contributed by atoms with E-state index < -0.39 is 0 Å². The quantitative estimate of drug-likeness (QED) is 0.356. The van der Waals surface area contributed by atoms with Gasteiger partial charge in [-0.25, -0.2) is 4.98 Å². The van der Waals surface area contributed by atoms with E-state index in [1.54, 1.807) is 23.9 Å². The maximum Gasteiger partial charge on any atom is 0.312 e. The third kappa shape index (κ3) is 4.48. The Morgan fingerprint density at radius 2 is 1.94 bits per heavy atom. The Bertz CT molecular complexity index is 1260. The second-order valence-corrected chi connectivity index (χ2v) is 7.81. The fourth-order valence-electron chi connectivity index (χ4n) is 3.69. The van der Waals surface area contributed by atoms with Crippen LogP contribution in [0.2, 0.25) is 5.02 Å². The van der Waals surface area contributed by atoms with Crippen molar-refractivity contribution >= 4 is 28.6 Å². The predicted octanol–water partition coefficient (Wildman–Crippen LogP) is 4.89. The van der Waals surface area contributed by atoms with E-state index >= 15 is 0 Å². The molecule has 2 heterocycles. The molecule has 4 rings (SSSR count). The first kappa shape index (κ1) is 21.9. The molecule has 2 aromatic heterocycles. The monoisotopic (exact) mass is 452 g/mol. The molecule has 0 unspecified atom stereocenters. The molecular weight excluding hydrogens is 428 g/mol. The molecule has 7 nitrogen and oxygen atoms in total. The number of carbonyl (C=O) groups excluding carboxylic acids is 1. The van der Waals surface area contributed by atoms with Gasteiger partial charge in [0, 0.05) is 23.7 Å². The van der Waals surface area contributed by atoms with E-state index in [0.717, 1.165) is 40.1 Å². The lowest BCUT2D eigenvalue weighted by Crippen LogP contribution is -2.12. The van der Waals surface area contributed by atoms with Crippen LogP contribution in [0, 0.1) is 0 Å². The number of hydrogen-bond donors (Lipinski definition) is 0. The summed E-state index contributed by atoms with van der Waals surface area (Å²) in [6.07, 6.45) is 1.95. The molecule has 0 amide bonds. The highest BCUT2D eigenvalue weighted by atomic mass is 35.5. The van der Waals surface area contributed by atoms with Crippen molar-refractivity contribution in [3.8, 4) is 17.0 Å². The first-order valence-corrected chi connectivity index (χ1v) is 10.9. The van der Waals surface area contributed by atoms with Gasteiger partial charge in [0.15, 0.2) is 0 Å². The van der Waals surface area contributed by atoms with Gasteiger partial charge in [-0.3, -0.25) is 9.48 Å². The molecule has 0 spiro atoms. The summed E-state index contributed by atoms with van der Waals surface area (Å²) < 4.78 is 14.8. The lowest BCUT2D eigenvalue weighted by molar-refractivity contribution is -0.144. The molecule has 0 aliphatic heterocycles. The topological polar surface area (TPSA) is 71.2 Å². The average molecular weight is 453 g/mol. The van der Waals surface area contributed by atoms with Gasteiger partial charge in [0.2, 0.25) is 0 Å². The minimum atomic E-state index is -0.312. The molecular formula is C24H25ClN4O3. The second-order valence-electron chi connectivity index (χ2n) is 7.37. The van der Waals surface area contributed by atoms with E-state index in [0.29, 0.717) is 17.3 Å². The zero-order chi connectivity index (χ0) is 22.7. The van der Waals surface area contributed by atoms with Crippen LogP contribution < -0.4 is 4.74 Å². The number of methoxy groups -OCH3 is 1. The molecule has 0 saturated carbocycles. The number of aryl methyl sites for hydroxylation is 2. The van der Waals surface area contributed by atoms with Crippen LogP contribution in [0.3, 0.4) is 0 Å². The summed E-state index contributed by atoms with van der Waals surface area (Å²) in [6.45, 7) is 5.75. The smallest absolute Gasteiger partial charge is 0.312 e. The van der Waals surface area contributed by atoms with Crippen LogP contribution in [0.4, 0.5) is 0 Å². The third-order valence-electron chi connectivity index (χ3n) is 5.35. The van der Waals surface area contributed by atoms with Gasteiger partial charge in [0.05, 0.1) is 42.3 Å². The van der Waals surface area contributed by atoms with Crippen molar-refractivity contribution in [3.05, 3.63) is 65.1 Å². The Kier molecular flexibility index (Phi) is 6.46. The number of hydrogen-bond acceptors (Lipinski definition) is 5. The van der Waals surface area contributed by atoms with Crippen LogP contribution in [0.15, 0.2) is 48.8 Å². The van der Waals surface area contributed by atoms with Crippen molar-refractivity contribution < 1.29 is 14.3 Å². The van der Waals surface area contributed by atoms with Gasteiger partial charge in [0.25, 0.3) is 0 Å². The molecule has 0 aliphatic rings. The van der Waals surface area contributed by atoms with Crippen LogP contribution in [0.5, 0.6) is 5.75 Å². The van der Waals surface area contributed by atoms with Crippen molar-refractivity contribution in [3.63, 3.8) is 0 Å². The van der Waals surface area contributed by atoms with E-state index in [-0.39, 0.29) is 19.0 Å². The van der Waals surface area contributed by atoms with E-state index in [4.69, 9.17) is 21.1 Å². The largest absolute Gasteiger partial charge is 0.496 e. The number of imidazole rings is 1. The Hall–Kier alpha value is -3.32. The number of fused-ring (bicyclic) bond motifs is 1. The Balaban J connectivity index is 1.46. The molecule has 0 N–H and O–H groups in total. The molecule has 32 heavy (non-hydrogen) atoms. The van der Waals surface area contributed by atoms with Crippen molar-refractivity contribution in [2.75, 3.05) is 7.11 Å². The maximum atomic E-state index is 12.6. The predicted molar refractivity (Wildman–Crippen MR) is 124 cm³/mol. The molecule has 4 aromatic rings. The summed E-state index contributed by atoms with van der Waals surface area (Å²) in [5, 5.41) is 5.22. The van der Waals surface area contributed by atoms with E-state index in [1.807, 2.05) is 43.6 Å².